The Morgan fingerprint density at radius 1 is 1.40 bits per heavy atom. The summed E-state index contributed by atoms with van der Waals surface area (Å²) in [4.78, 5) is 17.1. The molecular formula is C12H11NOS. The van der Waals surface area contributed by atoms with Gasteiger partial charge in [-0.1, -0.05) is 12.1 Å². The van der Waals surface area contributed by atoms with Crippen molar-refractivity contribution in [2.24, 2.45) is 0 Å². The molecule has 2 heterocycles. The Balaban J connectivity index is 2.19. The first-order valence-corrected chi connectivity index (χ1v) is 5.62. The monoisotopic (exact) mass is 217 g/mol. The topological polar surface area (TPSA) is 30.0 Å². The maximum Gasteiger partial charge on any atom is 0.186 e. The zero-order valence-corrected chi connectivity index (χ0v) is 9.25. The molecule has 0 spiro atoms. The van der Waals surface area contributed by atoms with Crippen LogP contribution in [0.15, 0.2) is 35.8 Å². The molecule has 76 valence electrons. The van der Waals surface area contributed by atoms with Gasteiger partial charge in [0, 0.05) is 17.5 Å². The zero-order valence-electron chi connectivity index (χ0n) is 8.43. The number of Topliss-reactive ketones (excluding diaryl/α,β-unsaturated/α-hetero) is 1. The van der Waals surface area contributed by atoms with Gasteiger partial charge in [0.2, 0.25) is 0 Å². The molecule has 0 saturated heterocycles. The first-order chi connectivity index (χ1) is 7.27. The van der Waals surface area contributed by atoms with Crippen LogP contribution < -0.4 is 0 Å². The predicted octanol–water partition coefficient (Wildman–Crippen LogP) is 2.88. The predicted molar refractivity (Wildman–Crippen MR) is 61.3 cm³/mol. The van der Waals surface area contributed by atoms with Gasteiger partial charge >= 0.3 is 0 Å². The lowest BCUT2D eigenvalue weighted by atomic mass is 10.1. The van der Waals surface area contributed by atoms with Crippen molar-refractivity contribution in [1.29, 1.82) is 0 Å². The van der Waals surface area contributed by atoms with Gasteiger partial charge in [-0.05, 0) is 30.0 Å². The first kappa shape index (κ1) is 10.1. The molecule has 2 aromatic rings. The lowest BCUT2D eigenvalue weighted by molar-refractivity contribution is 0.0988. The normalized spacial score (nSPS) is 10.2. The van der Waals surface area contributed by atoms with E-state index < -0.39 is 0 Å². The highest BCUT2D eigenvalue weighted by atomic mass is 32.1. The average Bonchev–Trinajstić information content (AvgIpc) is 2.71. The van der Waals surface area contributed by atoms with Crippen LogP contribution in [0.2, 0.25) is 0 Å². The lowest BCUT2D eigenvalue weighted by Gasteiger charge is -2.01. The summed E-state index contributed by atoms with van der Waals surface area (Å²) < 4.78 is 0. The van der Waals surface area contributed by atoms with Crippen molar-refractivity contribution in [1.82, 2.24) is 4.98 Å². The van der Waals surface area contributed by atoms with E-state index in [0.717, 1.165) is 10.4 Å². The van der Waals surface area contributed by atoms with Crippen molar-refractivity contribution in [2.45, 2.75) is 13.3 Å². The van der Waals surface area contributed by atoms with Crippen molar-refractivity contribution in [3.63, 3.8) is 0 Å². The van der Waals surface area contributed by atoms with Crippen molar-refractivity contribution >= 4 is 17.1 Å². The molecule has 0 amide bonds. The van der Waals surface area contributed by atoms with Crippen LogP contribution >= 0.6 is 11.3 Å². The SMILES string of the molecule is Cc1cccnc1C(=O)Cc1cccs1. The number of pyridine rings is 1. The van der Waals surface area contributed by atoms with Crippen LogP contribution in [0, 0.1) is 6.92 Å². The fourth-order valence-electron chi connectivity index (χ4n) is 1.43. The Morgan fingerprint density at radius 3 is 2.93 bits per heavy atom. The summed E-state index contributed by atoms with van der Waals surface area (Å²) in [6, 6.07) is 7.69. The number of rotatable bonds is 3. The van der Waals surface area contributed by atoms with Gasteiger partial charge in [0.15, 0.2) is 5.78 Å². The van der Waals surface area contributed by atoms with Crippen molar-refractivity contribution in [2.75, 3.05) is 0 Å². The molecule has 0 aliphatic carbocycles. The third-order valence-electron chi connectivity index (χ3n) is 2.19. The molecule has 15 heavy (non-hydrogen) atoms. The van der Waals surface area contributed by atoms with Gasteiger partial charge in [0.05, 0.1) is 0 Å². The number of ketones is 1. The highest BCUT2D eigenvalue weighted by Gasteiger charge is 2.10. The summed E-state index contributed by atoms with van der Waals surface area (Å²) >= 11 is 1.60. The molecule has 0 saturated carbocycles. The molecule has 0 bridgehead atoms. The summed E-state index contributed by atoms with van der Waals surface area (Å²) in [6.45, 7) is 1.91. The number of thiophene rings is 1. The lowest BCUT2D eigenvalue weighted by Crippen LogP contribution is -2.06. The fourth-order valence-corrected chi connectivity index (χ4v) is 2.14. The van der Waals surface area contributed by atoms with Gasteiger partial charge in [-0.15, -0.1) is 11.3 Å². The van der Waals surface area contributed by atoms with E-state index in [1.54, 1.807) is 17.5 Å². The molecule has 0 aromatic carbocycles. The van der Waals surface area contributed by atoms with Crippen molar-refractivity contribution in [3.8, 4) is 0 Å². The van der Waals surface area contributed by atoms with Gasteiger partial charge in [0.25, 0.3) is 0 Å². The minimum absolute atomic E-state index is 0.0931. The van der Waals surface area contributed by atoms with Gasteiger partial charge < -0.3 is 0 Å². The Hall–Kier alpha value is -1.48. The van der Waals surface area contributed by atoms with Crippen LogP contribution in [0.1, 0.15) is 20.9 Å². The number of hydrogen-bond acceptors (Lipinski definition) is 3. The summed E-state index contributed by atoms with van der Waals surface area (Å²) in [7, 11) is 0. The molecular weight excluding hydrogens is 206 g/mol. The van der Waals surface area contributed by atoms with Crippen LogP contribution in [0.25, 0.3) is 0 Å². The average molecular weight is 217 g/mol. The van der Waals surface area contributed by atoms with Crippen molar-refractivity contribution < 1.29 is 4.79 Å². The molecule has 0 unspecified atom stereocenters. The highest BCUT2D eigenvalue weighted by Crippen LogP contribution is 2.13. The molecule has 2 aromatic heterocycles. The second-order valence-corrected chi connectivity index (χ2v) is 4.38. The van der Waals surface area contributed by atoms with Gasteiger partial charge in [-0.2, -0.15) is 0 Å². The van der Waals surface area contributed by atoms with E-state index in [0.29, 0.717) is 12.1 Å². The number of carbonyl (C=O) groups is 1. The number of nitrogens with zero attached hydrogens (tertiary/aromatic N) is 1. The molecule has 2 nitrogen and oxygen atoms in total. The van der Waals surface area contributed by atoms with Gasteiger partial charge in [0.1, 0.15) is 5.69 Å². The molecule has 0 aliphatic heterocycles. The van der Waals surface area contributed by atoms with Gasteiger partial charge in [-0.25, -0.2) is 0 Å². The molecule has 0 aliphatic rings. The maximum atomic E-state index is 11.9. The molecule has 0 fully saturated rings. The van der Waals surface area contributed by atoms with E-state index in [-0.39, 0.29) is 5.78 Å². The Bertz CT molecular complexity index is 462. The second kappa shape index (κ2) is 4.36. The fraction of sp³-hybridized carbons (Fsp3) is 0.167. The number of hydrogen-bond donors (Lipinski definition) is 0. The smallest absolute Gasteiger partial charge is 0.186 e. The minimum Gasteiger partial charge on any atom is -0.292 e. The van der Waals surface area contributed by atoms with Crippen LogP contribution in [0.5, 0.6) is 0 Å². The summed E-state index contributed by atoms with van der Waals surface area (Å²) in [5.74, 6) is 0.0931. The summed E-state index contributed by atoms with van der Waals surface area (Å²) in [5, 5.41) is 1.98. The van der Waals surface area contributed by atoms with E-state index in [4.69, 9.17) is 0 Å². The quantitative estimate of drug-likeness (QED) is 0.740. The van der Waals surface area contributed by atoms with Crippen molar-refractivity contribution in [3.05, 3.63) is 52.0 Å². The van der Waals surface area contributed by atoms with E-state index in [2.05, 4.69) is 4.98 Å². The first-order valence-electron chi connectivity index (χ1n) is 4.74. The van der Waals surface area contributed by atoms with E-state index in [1.165, 1.54) is 0 Å². The number of aryl methyl sites for hydroxylation is 1. The summed E-state index contributed by atoms with van der Waals surface area (Å²) in [5.41, 5.74) is 1.53. The molecule has 0 radical (unpaired) electrons. The zero-order chi connectivity index (χ0) is 10.7. The van der Waals surface area contributed by atoms with E-state index >= 15 is 0 Å². The highest BCUT2D eigenvalue weighted by molar-refractivity contribution is 7.10. The standard InChI is InChI=1S/C12H11NOS/c1-9-4-2-6-13-12(9)11(14)8-10-5-3-7-15-10/h2-7H,8H2,1H3. The van der Waals surface area contributed by atoms with Crippen LogP contribution in [-0.4, -0.2) is 10.8 Å². The van der Waals surface area contributed by atoms with Crippen LogP contribution in [-0.2, 0) is 6.42 Å². The second-order valence-electron chi connectivity index (χ2n) is 3.35. The number of aromatic nitrogens is 1. The molecule has 0 atom stereocenters. The van der Waals surface area contributed by atoms with E-state index in [1.807, 2.05) is 36.6 Å². The van der Waals surface area contributed by atoms with Crippen LogP contribution in [0.4, 0.5) is 0 Å². The number of carbonyl (C=O) groups excluding carboxylic acids is 1. The minimum atomic E-state index is 0.0931. The Morgan fingerprint density at radius 2 is 2.27 bits per heavy atom. The van der Waals surface area contributed by atoms with Crippen LogP contribution in [0.3, 0.4) is 0 Å². The summed E-state index contributed by atoms with van der Waals surface area (Å²) in [6.07, 6.45) is 2.12. The molecule has 3 heteroatoms. The Labute approximate surface area is 92.6 Å². The van der Waals surface area contributed by atoms with E-state index in [9.17, 15) is 4.79 Å². The third-order valence-corrected chi connectivity index (χ3v) is 3.06. The largest absolute Gasteiger partial charge is 0.292 e. The molecule has 2 rings (SSSR count). The van der Waals surface area contributed by atoms with Gasteiger partial charge in [-0.3, -0.25) is 9.78 Å². The Kier molecular flexibility index (Phi) is 2.92. The molecule has 0 N–H and O–H groups in total. The third kappa shape index (κ3) is 2.30. The maximum absolute atomic E-state index is 11.9.